The van der Waals surface area contributed by atoms with Crippen LogP contribution in [0.25, 0.3) is 0 Å². The maximum Gasteiger partial charge on any atom is 0.226 e. The van der Waals surface area contributed by atoms with E-state index in [1.807, 2.05) is 36.9 Å². The average molecular weight is 472 g/mol. The number of nitrogens with one attached hydrogen (secondary N) is 1. The zero-order chi connectivity index (χ0) is 24.7. The molecule has 0 bridgehead atoms. The molecule has 1 aromatic heterocycles. The number of amides is 1. The number of hydrogen-bond acceptors (Lipinski definition) is 7. The Morgan fingerprint density at radius 1 is 1.18 bits per heavy atom. The summed E-state index contributed by atoms with van der Waals surface area (Å²) in [6.45, 7) is 5.57. The van der Waals surface area contributed by atoms with Crippen molar-refractivity contribution in [3.05, 3.63) is 58.9 Å². The van der Waals surface area contributed by atoms with Crippen molar-refractivity contribution in [1.82, 2.24) is 15.2 Å². The minimum Gasteiger partial charge on any atom is -0.506 e. The predicted molar refractivity (Wildman–Crippen MR) is 129 cm³/mol. The first-order valence-electron chi connectivity index (χ1n) is 11.9. The van der Waals surface area contributed by atoms with Crippen LogP contribution in [-0.4, -0.2) is 68.0 Å². The van der Waals surface area contributed by atoms with E-state index in [0.717, 1.165) is 24.0 Å². The first-order valence-corrected chi connectivity index (χ1v) is 11.9. The van der Waals surface area contributed by atoms with Crippen LogP contribution in [0.15, 0.2) is 36.4 Å². The molecular weight excluding hydrogens is 434 g/mol. The van der Waals surface area contributed by atoms with E-state index in [9.17, 15) is 25.2 Å². The Morgan fingerprint density at radius 2 is 1.88 bits per heavy atom. The fourth-order valence-corrected chi connectivity index (χ4v) is 4.36. The van der Waals surface area contributed by atoms with E-state index in [4.69, 9.17) is 0 Å². The molecule has 1 amide bonds. The lowest BCUT2D eigenvalue weighted by atomic mass is 9.93. The molecule has 1 saturated heterocycles. The van der Waals surface area contributed by atoms with Gasteiger partial charge in [0.1, 0.15) is 17.5 Å². The van der Waals surface area contributed by atoms with Crippen LogP contribution in [0.2, 0.25) is 0 Å². The van der Waals surface area contributed by atoms with Crippen LogP contribution in [0.1, 0.15) is 55.3 Å². The normalized spacial score (nSPS) is 16.0. The van der Waals surface area contributed by atoms with Crippen molar-refractivity contribution in [3.8, 4) is 5.75 Å². The summed E-state index contributed by atoms with van der Waals surface area (Å²) < 4.78 is 0. The van der Waals surface area contributed by atoms with Crippen LogP contribution >= 0.6 is 0 Å². The van der Waals surface area contributed by atoms with Gasteiger partial charge in [0.05, 0.1) is 18.7 Å². The Kier molecular flexibility index (Phi) is 9.02. The molecule has 8 heteroatoms. The Bertz CT molecular complexity index is 957. The summed E-state index contributed by atoms with van der Waals surface area (Å²) >= 11 is 0. The summed E-state index contributed by atoms with van der Waals surface area (Å²) in [4.78, 5) is 18.7. The third-order valence-electron chi connectivity index (χ3n) is 6.46. The molecule has 0 spiro atoms. The van der Waals surface area contributed by atoms with Gasteiger partial charge >= 0.3 is 0 Å². The maximum absolute atomic E-state index is 12.7. The van der Waals surface area contributed by atoms with Crippen LogP contribution in [0.3, 0.4) is 0 Å². The average Bonchev–Trinajstić information content (AvgIpc) is 2.83. The first kappa shape index (κ1) is 26.1. The lowest BCUT2D eigenvalue weighted by Gasteiger charge is -2.31. The van der Waals surface area contributed by atoms with Crippen molar-refractivity contribution in [2.24, 2.45) is 5.92 Å². The van der Waals surface area contributed by atoms with Crippen LogP contribution in [-0.2, 0) is 24.2 Å². The van der Waals surface area contributed by atoms with Crippen molar-refractivity contribution in [1.29, 1.82) is 0 Å². The van der Waals surface area contributed by atoms with Gasteiger partial charge in [-0.3, -0.25) is 4.79 Å². The number of aromatic nitrogens is 1. The van der Waals surface area contributed by atoms with Gasteiger partial charge < -0.3 is 30.6 Å². The van der Waals surface area contributed by atoms with Gasteiger partial charge in [-0.1, -0.05) is 24.3 Å². The summed E-state index contributed by atoms with van der Waals surface area (Å²) in [7, 11) is 0. The predicted octanol–water partition coefficient (Wildman–Crippen LogP) is 1.70. The molecule has 1 fully saturated rings. The number of aliphatic hydroxyl groups is 3. The van der Waals surface area contributed by atoms with Crippen molar-refractivity contribution in [2.75, 3.05) is 26.2 Å². The number of hydrogen-bond donors (Lipinski definition) is 5. The van der Waals surface area contributed by atoms with Gasteiger partial charge in [-0.2, -0.15) is 0 Å². The van der Waals surface area contributed by atoms with Gasteiger partial charge in [-0.15, -0.1) is 0 Å². The Balaban J connectivity index is 1.54. The smallest absolute Gasteiger partial charge is 0.226 e. The van der Waals surface area contributed by atoms with Gasteiger partial charge in [0.15, 0.2) is 0 Å². The highest BCUT2D eigenvalue weighted by atomic mass is 16.3. The highest BCUT2D eigenvalue weighted by Gasteiger charge is 2.23. The highest BCUT2D eigenvalue weighted by molar-refractivity contribution is 5.78. The van der Waals surface area contributed by atoms with Gasteiger partial charge in [-0.25, -0.2) is 4.98 Å². The molecule has 2 aromatic rings. The maximum atomic E-state index is 12.7. The summed E-state index contributed by atoms with van der Waals surface area (Å²) in [6, 6.07) is 11.0. The molecule has 3 rings (SSSR count). The molecule has 1 atom stereocenters. The topological polar surface area (TPSA) is 126 Å². The Morgan fingerprint density at radius 3 is 2.56 bits per heavy atom. The van der Waals surface area contributed by atoms with E-state index in [2.05, 4.69) is 16.4 Å². The van der Waals surface area contributed by atoms with Crippen LogP contribution in [0.4, 0.5) is 0 Å². The van der Waals surface area contributed by atoms with E-state index in [-0.39, 0.29) is 36.0 Å². The van der Waals surface area contributed by atoms with Crippen LogP contribution in [0, 0.1) is 5.92 Å². The third kappa shape index (κ3) is 7.24. The number of aliphatic hydroxyl groups excluding tert-OH is 3. The SMILES string of the molecule is CC(C)(Cc1cccc(CC(=O)N2CCC(CO)CC2)c1)NCC(O)c1ccc(O)c(CO)n1. The van der Waals surface area contributed by atoms with Gasteiger partial charge in [0, 0.05) is 31.8 Å². The third-order valence-corrected chi connectivity index (χ3v) is 6.46. The first-order chi connectivity index (χ1) is 16.2. The number of β-amino-alcohol motifs (C(OH)–C–C–N with tert-alkyl or cyclic N) is 1. The quantitative estimate of drug-likeness (QED) is 0.357. The second kappa shape index (κ2) is 11.8. The molecule has 0 radical (unpaired) electrons. The summed E-state index contributed by atoms with van der Waals surface area (Å²) in [5.74, 6) is 0.333. The number of pyridine rings is 1. The molecule has 1 aliphatic rings. The Hall–Kier alpha value is -2.52. The van der Waals surface area contributed by atoms with E-state index in [1.54, 1.807) is 6.07 Å². The molecule has 1 aromatic carbocycles. The highest BCUT2D eigenvalue weighted by Crippen LogP contribution is 2.21. The molecule has 1 unspecified atom stereocenters. The molecular formula is C26H37N3O5. The van der Waals surface area contributed by atoms with Crippen LogP contribution in [0.5, 0.6) is 5.75 Å². The standard InChI is InChI=1S/C26H37N3O5/c1-26(2,27-15-24(33)21-6-7-23(32)22(17-31)28-21)14-20-5-3-4-19(12-20)13-25(34)29-10-8-18(16-30)9-11-29/h3-7,12,18,24,27,30-33H,8-11,13-17H2,1-2H3. The van der Waals surface area contributed by atoms with E-state index >= 15 is 0 Å². The lowest BCUT2D eigenvalue weighted by Crippen LogP contribution is -2.43. The van der Waals surface area contributed by atoms with Crippen LogP contribution < -0.4 is 5.32 Å². The monoisotopic (exact) mass is 471 g/mol. The van der Waals surface area contributed by atoms with E-state index < -0.39 is 12.7 Å². The largest absolute Gasteiger partial charge is 0.506 e. The molecule has 1 aliphatic heterocycles. The molecule has 34 heavy (non-hydrogen) atoms. The number of carbonyl (C=O) groups is 1. The summed E-state index contributed by atoms with van der Waals surface area (Å²) in [6.07, 6.45) is 1.90. The molecule has 0 aliphatic carbocycles. The number of benzene rings is 1. The van der Waals surface area contributed by atoms with Gasteiger partial charge in [0.25, 0.3) is 0 Å². The van der Waals surface area contributed by atoms with E-state index in [0.29, 0.717) is 37.5 Å². The van der Waals surface area contributed by atoms with Crippen molar-refractivity contribution >= 4 is 5.91 Å². The number of nitrogens with zero attached hydrogens (tertiary/aromatic N) is 2. The number of aromatic hydroxyl groups is 1. The zero-order valence-electron chi connectivity index (χ0n) is 20.1. The van der Waals surface area contributed by atoms with Gasteiger partial charge in [-0.05, 0) is 62.3 Å². The number of piperidine rings is 1. The minimum absolute atomic E-state index is 0.0975. The summed E-state index contributed by atoms with van der Waals surface area (Å²) in [5.41, 5.74) is 2.27. The fourth-order valence-electron chi connectivity index (χ4n) is 4.36. The number of rotatable bonds is 10. The van der Waals surface area contributed by atoms with Gasteiger partial charge in [0.2, 0.25) is 5.91 Å². The van der Waals surface area contributed by atoms with E-state index in [1.165, 1.54) is 6.07 Å². The van der Waals surface area contributed by atoms with Crippen molar-refractivity contribution < 1.29 is 25.2 Å². The molecule has 0 saturated carbocycles. The molecule has 186 valence electrons. The number of carbonyl (C=O) groups excluding carboxylic acids is 1. The molecule has 5 N–H and O–H groups in total. The number of likely N-dealkylation sites (tertiary alicyclic amines) is 1. The summed E-state index contributed by atoms with van der Waals surface area (Å²) in [5, 5.41) is 42.1. The fraction of sp³-hybridized carbons (Fsp3) is 0.538. The lowest BCUT2D eigenvalue weighted by molar-refractivity contribution is -0.132. The molecule has 2 heterocycles. The second-order valence-corrected chi connectivity index (χ2v) is 9.82. The second-order valence-electron chi connectivity index (χ2n) is 9.82. The van der Waals surface area contributed by atoms with Crippen molar-refractivity contribution in [2.45, 2.75) is 57.8 Å². The Labute approximate surface area is 201 Å². The zero-order valence-corrected chi connectivity index (χ0v) is 20.1. The van der Waals surface area contributed by atoms with Crippen molar-refractivity contribution in [3.63, 3.8) is 0 Å². The molecule has 8 nitrogen and oxygen atoms in total. The minimum atomic E-state index is -0.885.